The van der Waals surface area contributed by atoms with Crippen molar-refractivity contribution in [1.29, 1.82) is 0 Å². The fraction of sp³-hybridized carbons (Fsp3) is 0.212. The fourth-order valence-electron chi connectivity index (χ4n) is 4.73. The highest BCUT2D eigenvalue weighted by Crippen LogP contribution is 2.32. The lowest BCUT2D eigenvalue weighted by atomic mass is 10.0. The number of para-hydroxylation sites is 1. The van der Waals surface area contributed by atoms with Crippen LogP contribution in [0.1, 0.15) is 11.1 Å². The number of likely N-dealkylation sites (N-methyl/N-ethyl adjacent to an activating group) is 1. The van der Waals surface area contributed by atoms with Crippen LogP contribution in [-0.4, -0.2) is 59.0 Å². The van der Waals surface area contributed by atoms with E-state index in [2.05, 4.69) is 5.32 Å². The van der Waals surface area contributed by atoms with Crippen molar-refractivity contribution in [2.24, 2.45) is 0 Å². The number of hydrogen-bond donors (Lipinski definition) is 1. The predicted molar refractivity (Wildman–Crippen MR) is 166 cm³/mol. The molecule has 0 fully saturated rings. The summed E-state index contributed by atoms with van der Waals surface area (Å²) in [6.07, 6.45) is 0.243. The molecule has 0 radical (unpaired) electrons. The molecule has 4 aromatic rings. The third-order valence-corrected chi connectivity index (χ3v) is 8.75. The van der Waals surface area contributed by atoms with Crippen molar-refractivity contribution in [3.63, 3.8) is 0 Å². The smallest absolute Gasteiger partial charge is 0.264 e. The van der Waals surface area contributed by atoms with Crippen LogP contribution in [0, 0.1) is 0 Å². The van der Waals surface area contributed by atoms with E-state index in [1.54, 1.807) is 30.3 Å². The first-order valence-corrected chi connectivity index (χ1v) is 15.1. The highest BCUT2D eigenvalue weighted by Gasteiger charge is 2.34. The number of benzene rings is 4. The van der Waals surface area contributed by atoms with E-state index in [1.807, 2.05) is 60.7 Å². The Hall–Kier alpha value is -4.83. The molecule has 2 amide bonds. The summed E-state index contributed by atoms with van der Waals surface area (Å²) in [4.78, 5) is 28.9. The van der Waals surface area contributed by atoms with Gasteiger partial charge in [-0.05, 0) is 35.4 Å². The number of sulfonamides is 1. The van der Waals surface area contributed by atoms with Gasteiger partial charge in [0, 0.05) is 26.1 Å². The molecular weight excluding hydrogens is 566 g/mol. The molecule has 10 heteroatoms. The molecule has 0 heterocycles. The molecule has 4 rings (SSSR count). The Kier molecular flexibility index (Phi) is 10.4. The Morgan fingerprint density at radius 1 is 0.767 bits per heavy atom. The molecule has 1 N–H and O–H groups in total. The normalized spacial score (nSPS) is 11.7. The zero-order valence-electron chi connectivity index (χ0n) is 24.3. The molecule has 0 bridgehead atoms. The van der Waals surface area contributed by atoms with Crippen LogP contribution in [0.5, 0.6) is 11.5 Å². The second-order valence-electron chi connectivity index (χ2n) is 9.69. The third-order valence-electron chi connectivity index (χ3n) is 6.98. The molecule has 9 nitrogen and oxygen atoms in total. The minimum absolute atomic E-state index is 0.0800. The van der Waals surface area contributed by atoms with Crippen molar-refractivity contribution in [3.8, 4) is 11.5 Å². The monoisotopic (exact) mass is 601 g/mol. The number of carbonyl (C=O) groups excluding carboxylic acids is 2. The van der Waals surface area contributed by atoms with Crippen LogP contribution in [0.2, 0.25) is 0 Å². The molecule has 0 aliphatic heterocycles. The maximum atomic E-state index is 14.3. The van der Waals surface area contributed by atoms with E-state index in [9.17, 15) is 18.0 Å². The zero-order chi connectivity index (χ0) is 30.8. The van der Waals surface area contributed by atoms with E-state index in [0.29, 0.717) is 11.4 Å². The van der Waals surface area contributed by atoms with Crippen LogP contribution in [-0.2, 0) is 32.6 Å². The van der Waals surface area contributed by atoms with Crippen molar-refractivity contribution in [2.75, 3.05) is 32.1 Å². The zero-order valence-corrected chi connectivity index (χ0v) is 25.2. The van der Waals surface area contributed by atoms with Crippen LogP contribution in [0.15, 0.2) is 114 Å². The maximum absolute atomic E-state index is 14.3. The highest BCUT2D eigenvalue weighted by atomic mass is 32.2. The summed E-state index contributed by atoms with van der Waals surface area (Å²) in [6, 6.07) is 30.4. The van der Waals surface area contributed by atoms with Crippen LogP contribution < -0.4 is 19.1 Å². The van der Waals surface area contributed by atoms with E-state index in [1.165, 1.54) is 44.4 Å². The lowest BCUT2D eigenvalue weighted by molar-refractivity contribution is -0.139. The predicted octanol–water partition coefficient (Wildman–Crippen LogP) is 4.29. The molecule has 0 saturated carbocycles. The van der Waals surface area contributed by atoms with Gasteiger partial charge >= 0.3 is 0 Å². The molecule has 1 atom stereocenters. The van der Waals surface area contributed by atoms with E-state index < -0.39 is 28.5 Å². The molecule has 0 aliphatic carbocycles. The molecule has 0 aliphatic rings. The van der Waals surface area contributed by atoms with E-state index in [-0.39, 0.29) is 29.5 Å². The van der Waals surface area contributed by atoms with Gasteiger partial charge in [-0.25, -0.2) is 8.42 Å². The van der Waals surface area contributed by atoms with Gasteiger partial charge in [0.25, 0.3) is 10.0 Å². The summed E-state index contributed by atoms with van der Waals surface area (Å²) in [5, 5.41) is 2.68. The second-order valence-corrected chi connectivity index (χ2v) is 11.6. The highest BCUT2D eigenvalue weighted by molar-refractivity contribution is 7.92. The molecule has 4 aromatic carbocycles. The fourth-order valence-corrected chi connectivity index (χ4v) is 6.16. The minimum Gasteiger partial charge on any atom is -0.493 e. The first kappa shape index (κ1) is 31.1. The van der Waals surface area contributed by atoms with Gasteiger partial charge in [-0.1, -0.05) is 78.9 Å². The van der Waals surface area contributed by atoms with Crippen molar-refractivity contribution in [3.05, 3.63) is 120 Å². The lowest BCUT2D eigenvalue weighted by Crippen LogP contribution is -2.53. The minimum atomic E-state index is -4.27. The topological polar surface area (TPSA) is 105 Å². The van der Waals surface area contributed by atoms with Gasteiger partial charge in [0.1, 0.15) is 12.6 Å². The number of nitrogens with zero attached hydrogens (tertiary/aromatic N) is 2. The summed E-state index contributed by atoms with van der Waals surface area (Å²) in [6.45, 7) is -0.445. The summed E-state index contributed by atoms with van der Waals surface area (Å²) in [5.41, 5.74) is 1.96. The Bertz CT molecular complexity index is 1620. The molecular formula is C33H35N3O6S. The Balaban J connectivity index is 1.78. The van der Waals surface area contributed by atoms with Gasteiger partial charge in [-0.2, -0.15) is 0 Å². The number of ether oxygens (including phenoxy) is 2. The standard InChI is InChI=1S/C33H35N3O6S/c1-34-33(38)29(21-25-13-7-4-8-14-25)35(23-26-15-9-5-10-16-26)32(37)24-36(27-17-11-6-12-18-27)43(39,40)28-19-20-30(41-2)31(22-28)42-3/h4-20,22,29H,21,23-24H2,1-3H3,(H,34,38). The molecule has 0 aromatic heterocycles. The molecule has 43 heavy (non-hydrogen) atoms. The van der Waals surface area contributed by atoms with E-state index in [0.717, 1.165) is 15.4 Å². The molecule has 1 unspecified atom stereocenters. The SMILES string of the molecule is CNC(=O)C(Cc1ccccc1)N(Cc1ccccc1)C(=O)CN(c1ccccc1)S(=O)(=O)c1ccc(OC)c(OC)c1. The summed E-state index contributed by atoms with van der Waals surface area (Å²) >= 11 is 0. The van der Waals surface area contributed by atoms with Crippen molar-refractivity contribution in [1.82, 2.24) is 10.2 Å². The van der Waals surface area contributed by atoms with Gasteiger partial charge < -0.3 is 19.7 Å². The number of amides is 2. The Morgan fingerprint density at radius 2 is 1.33 bits per heavy atom. The van der Waals surface area contributed by atoms with E-state index >= 15 is 0 Å². The van der Waals surface area contributed by atoms with Gasteiger partial charge in [0.15, 0.2) is 11.5 Å². The van der Waals surface area contributed by atoms with Crippen molar-refractivity contribution in [2.45, 2.75) is 23.9 Å². The van der Waals surface area contributed by atoms with Crippen LogP contribution in [0.25, 0.3) is 0 Å². The number of nitrogens with one attached hydrogen (secondary N) is 1. The lowest BCUT2D eigenvalue weighted by Gasteiger charge is -2.33. The number of carbonyl (C=O) groups is 2. The van der Waals surface area contributed by atoms with Gasteiger partial charge in [-0.3, -0.25) is 13.9 Å². The Labute approximate surface area is 252 Å². The molecule has 0 spiro atoms. The van der Waals surface area contributed by atoms with Crippen molar-refractivity contribution < 1.29 is 27.5 Å². The summed E-state index contributed by atoms with van der Waals surface area (Å²) in [7, 11) is 0.119. The molecule has 0 saturated heterocycles. The van der Waals surface area contributed by atoms with Gasteiger partial charge in [-0.15, -0.1) is 0 Å². The van der Waals surface area contributed by atoms with Gasteiger partial charge in [0.05, 0.1) is 24.8 Å². The molecule has 224 valence electrons. The number of hydrogen-bond acceptors (Lipinski definition) is 6. The number of rotatable bonds is 13. The average molecular weight is 602 g/mol. The Morgan fingerprint density at radius 3 is 1.88 bits per heavy atom. The van der Waals surface area contributed by atoms with E-state index in [4.69, 9.17) is 9.47 Å². The quantitative estimate of drug-likeness (QED) is 0.245. The van der Waals surface area contributed by atoms with Crippen LogP contribution in [0.3, 0.4) is 0 Å². The largest absolute Gasteiger partial charge is 0.493 e. The van der Waals surface area contributed by atoms with Crippen LogP contribution in [0.4, 0.5) is 5.69 Å². The van der Waals surface area contributed by atoms with Crippen molar-refractivity contribution >= 4 is 27.5 Å². The second kappa shape index (κ2) is 14.4. The number of anilines is 1. The average Bonchev–Trinajstić information content (AvgIpc) is 3.05. The first-order valence-electron chi connectivity index (χ1n) is 13.7. The maximum Gasteiger partial charge on any atom is 0.264 e. The summed E-state index contributed by atoms with van der Waals surface area (Å²) < 4.78 is 40.0. The van der Waals surface area contributed by atoms with Gasteiger partial charge in [0.2, 0.25) is 11.8 Å². The summed E-state index contributed by atoms with van der Waals surface area (Å²) in [5.74, 6) is -0.299. The number of methoxy groups -OCH3 is 2. The third kappa shape index (κ3) is 7.52. The first-order chi connectivity index (χ1) is 20.8. The van der Waals surface area contributed by atoms with Crippen LogP contribution >= 0.6 is 0 Å².